The van der Waals surface area contributed by atoms with Gasteiger partial charge in [-0.1, -0.05) is 17.7 Å². The smallest absolute Gasteiger partial charge is 0.258 e. The minimum atomic E-state index is -0.664. The summed E-state index contributed by atoms with van der Waals surface area (Å²) in [5.41, 5.74) is 1.77. The van der Waals surface area contributed by atoms with E-state index in [9.17, 15) is 13.6 Å². The van der Waals surface area contributed by atoms with Crippen LogP contribution in [0.1, 0.15) is 24.2 Å². The zero-order chi connectivity index (χ0) is 23.7. The monoisotopic (exact) mass is 482 g/mol. The maximum absolute atomic E-state index is 13.5. The molecule has 0 bridgehead atoms. The summed E-state index contributed by atoms with van der Waals surface area (Å²) in [6.07, 6.45) is 3.74. The lowest BCUT2D eigenvalue weighted by atomic mass is 10.1. The van der Waals surface area contributed by atoms with Gasteiger partial charge in [-0.2, -0.15) is 0 Å². The average Bonchev–Trinajstić information content (AvgIpc) is 2.81. The van der Waals surface area contributed by atoms with E-state index in [2.05, 4.69) is 20.3 Å². The van der Waals surface area contributed by atoms with E-state index in [1.54, 1.807) is 30.5 Å². The van der Waals surface area contributed by atoms with Crippen LogP contribution in [0.25, 0.3) is 22.2 Å². The second kappa shape index (κ2) is 9.48. The number of rotatable bonds is 5. The lowest BCUT2D eigenvalue weighted by Gasteiger charge is -2.24. The number of nitrogens with zero attached hydrogens (tertiary/aromatic N) is 2. The fourth-order valence-electron chi connectivity index (χ4n) is 4.05. The van der Waals surface area contributed by atoms with Crippen LogP contribution in [0.4, 0.5) is 8.78 Å². The number of ether oxygens (including phenoxy) is 1. The van der Waals surface area contributed by atoms with Crippen LogP contribution in [0.3, 0.4) is 0 Å². The Bertz CT molecular complexity index is 1380. The second-order valence-corrected chi connectivity index (χ2v) is 8.67. The molecule has 34 heavy (non-hydrogen) atoms. The van der Waals surface area contributed by atoms with Crippen molar-refractivity contribution in [3.8, 4) is 17.0 Å². The number of fused-ring (bicyclic) bond motifs is 1. The van der Waals surface area contributed by atoms with E-state index in [1.807, 2.05) is 0 Å². The van der Waals surface area contributed by atoms with Gasteiger partial charge in [0.15, 0.2) is 0 Å². The van der Waals surface area contributed by atoms with Crippen molar-refractivity contribution in [2.24, 2.45) is 0 Å². The van der Waals surface area contributed by atoms with Gasteiger partial charge < -0.3 is 15.0 Å². The van der Waals surface area contributed by atoms with Crippen molar-refractivity contribution in [3.05, 3.63) is 87.1 Å². The molecule has 1 saturated heterocycles. The Morgan fingerprint density at radius 3 is 2.53 bits per heavy atom. The van der Waals surface area contributed by atoms with E-state index in [-0.39, 0.29) is 11.7 Å². The Labute approximate surface area is 199 Å². The average molecular weight is 483 g/mol. The lowest BCUT2D eigenvalue weighted by molar-refractivity contribution is 0.163. The van der Waals surface area contributed by atoms with Crippen molar-refractivity contribution in [1.82, 2.24) is 20.3 Å². The van der Waals surface area contributed by atoms with Crippen LogP contribution in [0.15, 0.2) is 53.5 Å². The third-order valence-electron chi connectivity index (χ3n) is 5.74. The SMILES string of the molecule is O=c1[nH]c(Cc2ccc(-c3cc(F)cc(F)c3)nc2)nc2cc(OC3CCNCC3)c(Cl)cc12. The molecule has 1 fully saturated rings. The van der Waals surface area contributed by atoms with Gasteiger partial charge in [0.2, 0.25) is 0 Å². The van der Waals surface area contributed by atoms with Gasteiger partial charge in [-0.15, -0.1) is 0 Å². The van der Waals surface area contributed by atoms with E-state index in [0.29, 0.717) is 45.2 Å². The fraction of sp³-hybridized carbons (Fsp3) is 0.240. The molecule has 6 nitrogen and oxygen atoms in total. The third kappa shape index (κ3) is 4.93. The molecule has 9 heteroatoms. The van der Waals surface area contributed by atoms with Gasteiger partial charge in [-0.25, -0.2) is 13.8 Å². The van der Waals surface area contributed by atoms with Gasteiger partial charge in [-0.3, -0.25) is 9.78 Å². The van der Waals surface area contributed by atoms with Gasteiger partial charge in [-0.05, 0) is 55.8 Å². The summed E-state index contributed by atoms with van der Waals surface area (Å²) in [5.74, 6) is -0.359. The van der Waals surface area contributed by atoms with Crippen LogP contribution < -0.4 is 15.6 Å². The summed E-state index contributed by atoms with van der Waals surface area (Å²) in [7, 11) is 0. The summed E-state index contributed by atoms with van der Waals surface area (Å²) in [6, 6.07) is 10.0. The first-order chi connectivity index (χ1) is 16.4. The van der Waals surface area contributed by atoms with Crippen LogP contribution in [-0.4, -0.2) is 34.1 Å². The van der Waals surface area contributed by atoms with Gasteiger partial charge in [0.1, 0.15) is 29.3 Å². The molecular formula is C25H21ClF2N4O2. The van der Waals surface area contributed by atoms with E-state index in [0.717, 1.165) is 37.6 Å². The van der Waals surface area contributed by atoms with Crippen molar-refractivity contribution in [1.29, 1.82) is 0 Å². The summed E-state index contributed by atoms with van der Waals surface area (Å²) in [4.78, 5) is 24.3. The molecule has 0 radical (unpaired) electrons. The largest absolute Gasteiger partial charge is 0.489 e. The Morgan fingerprint density at radius 1 is 1.06 bits per heavy atom. The minimum absolute atomic E-state index is 0.0637. The molecule has 5 rings (SSSR count). The van der Waals surface area contributed by atoms with E-state index >= 15 is 0 Å². The maximum Gasteiger partial charge on any atom is 0.258 e. The summed E-state index contributed by atoms with van der Waals surface area (Å²) >= 11 is 6.37. The number of nitrogens with one attached hydrogen (secondary N) is 2. The number of hydrogen-bond donors (Lipinski definition) is 2. The van der Waals surface area contributed by atoms with E-state index < -0.39 is 11.6 Å². The highest BCUT2D eigenvalue weighted by Crippen LogP contribution is 2.30. The predicted molar refractivity (Wildman–Crippen MR) is 126 cm³/mol. The van der Waals surface area contributed by atoms with Gasteiger partial charge >= 0.3 is 0 Å². The molecule has 0 atom stereocenters. The van der Waals surface area contributed by atoms with Crippen LogP contribution in [0.5, 0.6) is 5.75 Å². The zero-order valence-electron chi connectivity index (χ0n) is 18.1. The summed E-state index contributed by atoms with van der Waals surface area (Å²) in [5, 5.41) is 4.05. The highest BCUT2D eigenvalue weighted by atomic mass is 35.5. The molecular weight excluding hydrogens is 462 g/mol. The first-order valence-electron chi connectivity index (χ1n) is 11.0. The molecule has 3 heterocycles. The number of aromatic nitrogens is 3. The zero-order valence-corrected chi connectivity index (χ0v) is 18.8. The molecule has 1 aliphatic heterocycles. The highest BCUT2D eigenvalue weighted by molar-refractivity contribution is 6.32. The first kappa shape index (κ1) is 22.4. The number of aromatic amines is 1. The number of halogens is 3. The molecule has 0 aliphatic carbocycles. The Hall–Kier alpha value is -3.36. The molecule has 2 aromatic heterocycles. The Balaban J connectivity index is 1.40. The maximum atomic E-state index is 13.5. The van der Waals surface area contributed by atoms with Gasteiger partial charge in [0.05, 0.1) is 21.6 Å². The van der Waals surface area contributed by atoms with Crippen molar-refractivity contribution in [2.75, 3.05) is 13.1 Å². The van der Waals surface area contributed by atoms with Crippen molar-refractivity contribution < 1.29 is 13.5 Å². The highest BCUT2D eigenvalue weighted by Gasteiger charge is 2.17. The molecule has 1 aliphatic rings. The number of hydrogen-bond acceptors (Lipinski definition) is 5. The van der Waals surface area contributed by atoms with Crippen LogP contribution in [0.2, 0.25) is 5.02 Å². The quantitative estimate of drug-likeness (QED) is 0.433. The molecule has 2 N–H and O–H groups in total. The molecule has 174 valence electrons. The van der Waals surface area contributed by atoms with Crippen molar-refractivity contribution in [3.63, 3.8) is 0 Å². The molecule has 0 amide bonds. The second-order valence-electron chi connectivity index (χ2n) is 8.27. The molecule has 0 unspecified atom stereocenters. The van der Waals surface area contributed by atoms with Crippen molar-refractivity contribution >= 4 is 22.5 Å². The van der Waals surface area contributed by atoms with Crippen LogP contribution >= 0.6 is 11.6 Å². The predicted octanol–water partition coefficient (Wildman–Crippen LogP) is 4.64. The Morgan fingerprint density at radius 2 is 1.82 bits per heavy atom. The number of H-pyrrole nitrogens is 1. The third-order valence-corrected chi connectivity index (χ3v) is 6.04. The number of pyridine rings is 1. The normalized spacial score (nSPS) is 14.4. The van der Waals surface area contributed by atoms with Crippen molar-refractivity contribution in [2.45, 2.75) is 25.4 Å². The molecule has 2 aromatic carbocycles. The number of piperidine rings is 1. The number of benzene rings is 2. The van der Waals surface area contributed by atoms with Gasteiger partial charge in [0, 0.05) is 30.3 Å². The summed E-state index contributed by atoms with van der Waals surface area (Å²) in [6.45, 7) is 1.78. The molecule has 0 saturated carbocycles. The van der Waals surface area contributed by atoms with Crippen LogP contribution in [0, 0.1) is 11.6 Å². The summed E-state index contributed by atoms with van der Waals surface area (Å²) < 4.78 is 33.1. The lowest BCUT2D eigenvalue weighted by Crippen LogP contribution is -2.34. The molecule has 4 aromatic rings. The van der Waals surface area contributed by atoms with E-state index in [4.69, 9.17) is 16.3 Å². The standard InChI is InChI=1S/C25H21ClF2N4O2/c26-20-11-19-22(12-23(20)34-18-3-5-29-6-4-18)31-24(32-25(19)33)7-14-1-2-21(30-13-14)15-8-16(27)10-17(28)9-15/h1-2,8-13,18,29H,3-7H2,(H,31,32,33). The van der Waals surface area contributed by atoms with Gasteiger partial charge in [0.25, 0.3) is 5.56 Å². The topological polar surface area (TPSA) is 79.9 Å². The molecule has 0 spiro atoms. The Kier molecular flexibility index (Phi) is 6.26. The first-order valence-corrected chi connectivity index (χ1v) is 11.3. The van der Waals surface area contributed by atoms with E-state index in [1.165, 1.54) is 12.1 Å². The van der Waals surface area contributed by atoms with Crippen LogP contribution in [-0.2, 0) is 6.42 Å². The fourth-order valence-corrected chi connectivity index (χ4v) is 4.26. The minimum Gasteiger partial charge on any atom is -0.489 e.